The van der Waals surface area contributed by atoms with Crippen LogP contribution in [0.4, 0.5) is 0 Å². The third-order valence-electron chi connectivity index (χ3n) is 4.71. The molecule has 0 unspecified atom stereocenters. The van der Waals surface area contributed by atoms with Crippen molar-refractivity contribution in [2.45, 2.75) is 5.60 Å². The standard InChI is InChI=1S/C26H21O/c1-5-13-22(14-6-1)21-27-26(23-15-7-2-8-16-23,24-17-9-3-10-18-24)25-19-11-4-12-20-25/h1-21H/q+1. The first-order valence-electron chi connectivity index (χ1n) is 9.12. The Hall–Kier alpha value is -3.45. The molecule has 0 aliphatic carbocycles. The molecular formula is C26H21O+. The van der Waals surface area contributed by atoms with Crippen molar-refractivity contribution in [1.82, 2.24) is 0 Å². The average molecular weight is 349 g/mol. The summed E-state index contributed by atoms with van der Waals surface area (Å²) in [5.74, 6) is 0. The second kappa shape index (κ2) is 7.84. The van der Waals surface area contributed by atoms with Crippen molar-refractivity contribution in [2.24, 2.45) is 0 Å². The summed E-state index contributed by atoms with van der Waals surface area (Å²) in [7, 11) is 0. The fourth-order valence-electron chi connectivity index (χ4n) is 3.41. The molecule has 4 aromatic carbocycles. The first-order chi connectivity index (χ1) is 13.4. The van der Waals surface area contributed by atoms with E-state index in [1.165, 1.54) is 0 Å². The van der Waals surface area contributed by atoms with Crippen molar-refractivity contribution >= 4 is 6.29 Å². The number of aldehydes is 1. The SMILES string of the molecule is C(=[O+]C(c1ccccc1)(c1ccccc1)c1ccccc1)c1ccccc1. The molecule has 0 aliphatic rings. The Morgan fingerprint density at radius 3 is 1.15 bits per heavy atom. The lowest BCUT2D eigenvalue weighted by molar-refractivity contribution is -0.358. The fourth-order valence-corrected chi connectivity index (χ4v) is 3.41. The third-order valence-corrected chi connectivity index (χ3v) is 4.71. The van der Waals surface area contributed by atoms with E-state index in [1.54, 1.807) is 0 Å². The van der Waals surface area contributed by atoms with Crippen molar-refractivity contribution in [1.29, 1.82) is 0 Å². The van der Waals surface area contributed by atoms with Crippen LogP contribution in [0.5, 0.6) is 0 Å². The van der Waals surface area contributed by atoms with Gasteiger partial charge in [0.25, 0.3) is 0 Å². The smallest absolute Gasteiger partial charge is 0.242 e. The number of rotatable bonds is 5. The van der Waals surface area contributed by atoms with Gasteiger partial charge in [-0.25, -0.2) is 4.42 Å². The molecule has 0 spiro atoms. The van der Waals surface area contributed by atoms with Crippen LogP contribution in [0, 0.1) is 0 Å². The minimum absolute atomic E-state index is 0.723. The first-order valence-corrected chi connectivity index (χ1v) is 9.12. The van der Waals surface area contributed by atoms with E-state index >= 15 is 0 Å². The lowest BCUT2D eigenvalue weighted by atomic mass is 9.80. The molecular weight excluding hydrogens is 328 g/mol. The van der Waals surface area contributed by atoms with E-state index in [2.05, 4.69) is 72.8 Å². The van der Waals surface area contributed by atoms with Gasteiger partial charge in [0.2, 0.25) is 0 Å². The fraction of sp³-hybridized carbons (Fsp3) is 0.0385. The van der Waals surface area contributed by atoms with Gasteiger partial charge in [0, 0.05) is 0 Å². The second-order valence-electron chi connectivity index (χ2n) is 6.43. The predicted octanol–water partition coefficient (Wildman–Crippen LogP) is 6.03. The number of hydrogen-bond donors (Lipinski definition) is 0. The Kier molecular flexibility index (Phi) is 4.93. The molecule has 0 atom stereocenters. The van der Waals surface area contributed by atoms with Crippen LogP contribution in [0.25, 0.3) is 0 Å². The summed E-state index contributed by atoms with van der Waals surface area (Å²) in [5, 5.41) is 0. The second-order valence-corrected chi connectivity index (χ2v) is 6.43. The van der Waals surface area contributed by atoms with Crippen molar-refractivity contribution < 1.29 is 4.42 Å². The molecule has 0 saturated heterocycles. The van der Waals surface area contributed by atoms with Crippen LogP contribution < -0.4 is 0 Å². The Labute approximate surface area is 160 Å². The molecule has 1 heteroatoms. The van der Waals surface area contributed by atoms with Crippen LogP contribution >= 0.6 is 0 Å². The maximum absolute atomic E-state index is 6.65. The maximum Gasteiger partial charge on any atom is 0.356 e. The van der Waals surface area contributed by atoms with Crippen LogP contribution in [-0.4, -0.2) is 6.29 Å². The molecule has 0 aromatic heterocycles. The van der Waals surface area contributed by atoms with Crippen molar-refractivity contribution in [3.05, 3.63) is 144 Å². The molecule has 130 valence electrons. The third kappa shape index (κ3) is 3.45. The van der Waals surface area contributed by atoms with Crippen LogP contribution in [0.15, 0.2) is 121 Å². The molecule has 0 bridgehead atoms. The summed E-state index contributed by atoms with van der Waals surface area (Å²) in [6.45, 7) is 0. The topological polar surface area (TPSA) is 11.3 Å². The van der Waals surface area contributed by atoms with Crippen LogP contribution in [0.1, 0.15) is 26.7 Å². The highest BCUT2D eigenvalue weighted by Crippen LogP contribution is 2.39. The molecule has 1 nitrogen and oxygen atoms in total. The number of carbonyl (C=O) groups excluding carboxylic acids is 1. The van der Waals surface area contributed by atoms with Crippen molar-refractivity contribution in [2.75, 3.05) is 0 Å². The molecule has 27 heavy (non-hydrogen) atoms. The molecule has 0 aliphatic heterocycles. The normalized spacial score (nSPS) is 11.6. The maximum atomic E-state index is 6.65. The zero-order chi connectivity index (χ0) is 18.4. The molecule has 0 N–H and O–H groups in total. The van der Waals surface area contributed by atoms with Crippen molar-refractivity contribution in [3.63, 3.8) is 0 Å². The van der Waals surface area contributed by atoms with Gasteiger partial charge in [-0.2, -0.15) is 0 Å². The Morgan fingerprint density at radius 2 is 0.778 bits per heavy atom. The van der Waals surface area contributed by atoms with E-state index in [1.807, 2.05) is 54.8 Å². The minimum atomic E-state index is -0.723. The Bertz CT molecular complexity index is 894. The largest absolute Gasteiger partial charge is 0.356 e. The van der Waals surface area contributed by atoms with E-state index < -0.39 is 5.60 Å². The van der Waals surface area contributed by atoms with Gasteiger partial charge in [-0.3, -0.25) is 0 Å². The summed E-state index contributed by atoms with van der Waals surface area (Å²) in [6, 6.07) is 41.3. The zero-order valence-corrected chi connectivity index (χ0v) is 15.0. The van der Waals surface area contributed by atoms with Gasteiger partial charge in [0.15, 0.2) is 0 Å². The Morgan fingerprint density at radius 1 is 0.444 bits per heavy atom. The van der Waals surface area contributed by atoms with Gasteiger partial charge in [-0.05, 0) is 48.5 Å². The van der Waals surface area contributed by atoms with Crippen molar-refractivity contribution in [3.8, 4) is 0 Å². The lowest BCUT2D eigenvalue weighted by Crippen LogP contribution is -2.28. The Balaban J connectivity index is 1.99. The highest BCUT2D eigenvalue weighted by molar-refractivity contribution is 5.75. The first kappa shape index (κ1) is 17.0. The monoisotopic (exact) mass is 349 g/mol. The molecule has 0 amide bonds. The molecule has 0 radical (unpaired) electrons. The molecule has 0 saturated carbocycles. The van der Waals surface area contributed by atoms with E-state index in [-0.39, 0.29) is 0 Å². The zero-order valence-electron chi connectivity index (χ0n) is 15.0. The molecule has 4 aromatic rings. The number of hydrogen-bond acceptors (Lipinski definition) is 0. The average Bonchev–Trinajstić information content (AvgIpc) is 2.77. The number of benzene rings is 4. The predicted molar refractivity (Wildman–Crippen MR) is 111 cm³/mol. The van der Waals surface area contributed by atoms with Crippen LogP contribution in [0.2, 0.25) is 0 Å². The minimum Gasteiger partial charge on any atom is -0.242 e. The lowest BCUT2D eigenvalue weighted by Gasteiger charge is -2.21. The quantitative estimate of drug-likeness (QED) is 0.237. The van der Waals surface area contributed by atoms with Gasteiger partial charge in [0.1, 0.15) is 0 Å². The molecule has 0 fully saturated rings. The summed E-state index contributed by atoms with van der Waals surface area (Å²) in [4.78, 5) is 0. The molecule has 4 rings (SSSR count). The van der Waals surface area contributed by atoms with Gasteiger partial charge in [-0.15, -0.1) is 0 Å². The van der Waals surface area contributed by atoms with E-state index in [4.69, 9.17) is 4.42 Å². The van der Waals surface area contributed by atoms with Gasteiger partial charge in [-0.1, -0.05) is 72.8 Å². The van der Waals surface area contributed by atoms with E-state index in [9.17, 15) is 0 Å². The highest BCUT2D eigenvalue weighted by atomic mass is 16.4. The highest BCUT2D eigenvalue weighted by Gasteiger charge is 2.47. The summed E-state index contributed by atoms with van der Waals surface area (Å²) < 4.78 is 6.65. The van der Waals surface area contributed by atoms with Crippen LogP contribution in [-0.2, 0) is 5.60 Å². The van der Waals surface area contributed by atoms with Gasteiger partial charge < -0.3 is 0 Å². The van der Waals surface area contributed by atoms with Gasteiger partial charge in [0.05, 0.1) is 22.3 Å². The summed E-state index contributed by atoms with van der Waals surface area (Å²) >= 11 is 0. The summed E-state index contributed by atoms with van der Waals surface area (Å²) in [5.41, 5.74) is 3.59. The van der Waals surface area contributed by atoms with Gasteiger partial charge >= 0.3 is 11.9 Å². The van der Waals surface area contributed by atoms with E-state index in [0.717, 1.165) is 22.3 Å². The molecule has 0 heterocycles. The van der Waals surface area contributed by atoms with Crippen LogP contribution in [0.3, 0.4) is 0 Å². The van der Waals surface area contributed by atoms with E-state index in [0.29, 0.717) is 0 Å². The summed E-state index contributed by atoms with van der Waals surface area (Å²) in [6.07, 6.45) is 1.85.